The van der Waals surface area contributed by atoms with Crippen molar-refractivity contribution in [1.29, 1.82) is 0 Å². The van der Waals surface area contributed by atoms with Crippen molar-refractivity contribution < 1.29 is 4.84 Å². The van der Waals surface area contributed by atoms with Crippen LogP contribution in [0.4, 0.5) is 0 Å². The van der Waals surface area contributed by atoms with Gasteiger partial charge in [-0.15, -0.1) is 0 Å². The van der Waals surface area contributed by atoms with Gasteiger partial charge >= 0.3 is 0 Å². The maximum atomic E-state index is 4.87. The molecule has 0 saturated carbocycles. The molecular formula is C9H17NO. The molecule has 0 fully saturated rings. The predicted octanol–water partition coefficient (Wildman–Crippen LogP) is 2.03. The maximum absolute atomic E-state index is 4.87. The van der Waals surface area contributed by atoms with Gasteiger partial charge in [-0.1, -0.05) is 11.6 Å². The Morgan fingerprint density at radius 2 is 2.36 bits per heavy atom. The zero-order valence-electron chi connectivity index (χ0n) is 7.39. The predicted molar refractivity (Wildman–Crippen MR) is 46.2 cm³/mol. The second kappa shape index (κ2) is 4.52. The van der Waals surface area contributed by atoms with Gasteiger partial charge in [0.25, 0.3) is 0 Å². The highest BCUT2D eigenvalue weighted by Gasteiger charge is 2.09. The summed E-state index contributed by atoms with van der Waals surface area (Å²) in [6.45, 7) is 2.14. The molecule has 0 saturated heterocycles. The lowest BCUT2D eigenvalue weighted by Gasteiger charge is -2.19. The van der Waals surface area contributed by atoms with E-state index in [4.69, 9.17) is 4.84 Å². The van der Waals surface area contributed by atoms with E-state index in [0.29, 0.717) is 6.04 Å². The number of allylic oxidation sites excluding steroid dienone is 1. The smallest absolute Gasteiger partial charge is 0.0572 e. The highest BCUT2D eigenvalue weighted by Crippen LogP contribution is 2.19. The molecule has 0 aliphatic heterocycles. The lowest BCUT2D eigenvalue weighted by Crippen LogP contribution is -2.27. The van der Waals surface area contributed by atoms with Gasteiger partial charge in [-0.05, 0) is 32.6 Å². The molecule has 0 unspecified atom stereocenters. The van der Waals surface area contributed by atoms with E-state index in [9.17, 15) is 0 Å². The van der Waals surface area contributed by atoms with E-state index in [2.05, 4.69) is 18.5 Å². The third-order valence-electron chi connectivity index (χ3n) is 2.18. The summed E-state index contributed by atoms with van der Waals surface area (Å²) < 4.78 is 0. The summed E-state index contributed by atoms with van der Waals surface area (Å²) in [5.41, 5.74) is 4.45. The fourth-order valence-corrected chi connectivity index (χ4v) is 1.51. The molecule has 2 heteroatoms. The molecule has 1 aliphatic carbocycles. The van der Waals surface area contributed by atoms with E-state index < -0.39 is 0 Å². The van der Waals surface area contributed by atoms with Gasteiger partial charge in [0, 0.05) is 0 Å². The molecule has 0 spiro atoms. The van der Waals surface area contributed by atoms with E-state index in [-0.39, 0.29) is 0 Å². The Labute approximate surface area is 68.6 Å². The van der Waals surface area contributed by atoms with Crippen LogP contribution in [0.5, 0.6) is 0 Å². The lowest BCUT2D eigenvalue weighted by molar-refractivity contribution is 0.0742. The Kier molecular flexibility index (Phi) is 3.60. The third-order valence-corrected chi connectivity index (χ3v) is 2.18. The van der Waals surface area contributed by atoms with Crippen molar-refractivity contribution in [2.75, 3.05) is 7.11 Å². The molecule has 0 aromatic rings. The number of hydrogen-bond donors (Lipinski definition) is 1. The Morgan fingerprint density at radius 1 is 1.55 bits per heavy atom. The zero-order valence-corrected chi connectivity index (χ0v) is 7.39. The van der Waals surface area contributed by atoms with Crippen LogP contribution in [-0.4, -0.2) is 13.2 Å². The minimum Gasteiger partial charge on any atom is -0.305 e. The van der Waals surface area contributed by atoms with Gasteiger partial charge in [-0.3, -0.25) is 0 Å². The van der Waals surface area contributed by atoms with E-state index in [0.717, 1.165) is 0 Å². The van der Waals surface area contributed by atoms with Crippen molar-refractivity contribution in [2.24, 2.45) is 0 Å². The minimum atomic E-state index is 0.389. The molecule has 1 rings (SSSR count). The van der Waals surface area contributed by atoms with Crippen molar-refractivity contribution >= 4 is 0 Å². The summed E-state index contributed by atoms with van der Waals surface area (Å²) in [4.78, 5) is 4.87. The van der Waals surface area contributed by atoms with E-state index >= 15 is 0 Å². The first-order valence-electron chi connectivity index (χ1n) is 4.32. The third kappa shape index (κ3) is 2.64. The molecule has 0 amide bonds. The molecule has 2 nitrogen and oxygen atoms in total. The van der Waals surface area contributed by atoms with Crippen molar-refractivity contribution in [3.05, 3.63) is 11.6 Å². The van der Waals surface area contributed by atoms with Crippen molar-refractivity contribution in [3.8, 4) is 0 Å². The van der Waals surface area contributed by atoms with Gasteiger partial charge in [-0.2, -0.15) is 5.48 Å². The van der Waals surface area contributed by atoms with Crippen LogP contribution in [0, 0.1) is 0 Å². The maximum Gasteiger partial charge on any atom is 0.0572 e. The van der Waals surface area contributed by atoms with Gasteiger partial charge in [0.1, 0.15) is 0 Å². The summed E-state index contributed by atoms with van der Waals surface area (Å²) in [6, 6.07) is 0.389. The lowest BCUT2D eigenvalue weighted by atomic mass is 9.95. The zero-order chi connectivity index (χ0) is 8.10. The summed E-state index contributed by atoms with van der Waals surface area (Å²) >= 11 is 0. The quantitative estimate of drug-likeness (QED) is 0.497. The largest absolute Gasteiger partial charge is 0.305 e. The van der Waals surface area contributed by atoms with Crippen LogP contribution in [0.1, 0.15) is 32.6 Å². The van der Waals surface area contributed by atoms with Crippen molar-refractivity contribution in [1.82, 2.24) is 5.48 Å². The van der Waals surface area contributed by atoms with E-state index in [1.807, 2.05) is 0 Å². The number of nitrogens with one attached hydrogen (secondary N) is 1. The molecule has 1 N–H and O–H groups in total. The van der Waals surface area contributed by atoms with Gasteiger partial charge in [0.2, 0.25) is 0 Å². The standard InChI is InChI=1S/C9H17NO/c1-8(10-11-2)9-6-4-3-5-7-9/h6,8,10H,3-5,7H2,1-2H3/t8-/m1/s1. The summed E-state index contributed by atoms with van der Waals surface area (Å²) in [5.74, 6) is 0. The highest BCUT2D eigenvalue weighted by molar-refractivity contribution is 5.10. The van der Waals surface area contributed by atoms with Crippen LogP contribution in [0.2, 0.25) is 0 Å². The van der Waals surface area contributed by atoms with Gasteiger partial charge in [-0.25, -0.2) is 0 Å². The Bertz CT molecular complexity index is 142. The molecule has 0 aromatic carbocycles. The summed E-state index contributed by atoms with van der Waals surface area (Å²) in [6.07, 6.45) is 7.49. The topological polar surface area (TPSA) is 21.3 Å². The average Bonchev–Trinajstić information content (AvgIpc) is 2.07. The normalized spacial score (nSPS) is 21.1. The average molecular weight is 155 g/mol. The van der Waals surface area contributed by atoms with E-state index in [1.54, 1.807) is 7.11 Å². The minimum absolute atomic E-state index is 0.389. The first-order chi connectivity index (χ1) is 5.34. The Balaban J connectivity index is 2.37. The fourth-order valence-electron chi connectivity index (χ4n) is 1.51. The van der Waals surface area contributed by atoms with Crippen molar-refractivity contribution in [3.63, 3.8) is 0 Å². The van der Waals surface area contributed by atoms with E-state index in [1.165, 1.54) is 31.3 Å². The molecule has 11 heavy (non-hydrogen) atoms. The molecule has 0 heterocycles. The molecule has 1 atom stereocenters. The van der Waals surface area contributed by atoms with Gasteiger partial charge < -0.3 is 4.84 Å². The number of hydrogen-bond acceptors (Lipinski definition) is 2. The Hall–Kier alpha value is -0.340. The second-order valence-corrected chi connectivity index (χ2v) is 3.07. The Morgan fingerprint density at radius 3 is 2.91 bits per heavy atom. The molecule has 64 valence electrons. The molecule has 0 aromatic heterocycles. The summed E-state index contributed by atoms with van der Waals surface area (Å²) in [5, 5.41) is 0. The van der Waals surface area contributed by atoms with Crippen LogP contribution in [0.15, 0.2) is 11.6 Å². The van der Waals surface area contributed by atoms with Crippen LogP contribution >= 0.6 is 0 Å². The molecule has 1 aliphatic rings. The molecule has 0 bridgehead atoms. The monoisotopic (exact) mass is 155 g/mol. The van der Waals surface area contributed by atoms with Crippen LogP contribution in [-0.2, 0) is 4.84 Å². The number of hydroxylamine groups is 1. The first kappa shape index (κ1) is 8.75. The van der Waals surface area contributed by atoms with Crippen LogP contribution in [0.3, 0.4) is 0 Å². The second-order valence-electron chi connectivity index (χ2n) is 3.07. The highest BCUT2D eigenvalue weighted by atomic mass is 16.6. The molecule has 0 radical (unpaired) electrons. The first-order valence-corrected chi connectivity index (χ1v) is 4.32. The van der Waals surface area contributed by atoms with Crippen molar-refractivity contribution in [2.45, 2.75) is 38.6 Å². The SMILES string of the molecule is CON[C@H](C)C1=CCCCC1. The fraction of sp³-hybridized carbons (Fsp3) is 0.778. The molecular weight excluding hydrogens is 138 g/mol. The van der Waals surface area contributed by atoms with Gasteiger partial charge in [0.05, 0.1) is 13.2 Å². The number of rotatable bonds is 3. The van der Waals surface area contributed by atoms with Crippen LogP contribution in [0.25, 0.3) is 0 Å². The summed E-state index contributed by atoms with van der Waals surface area (Å²) in [7, 11) is 1.67. The van der Waals surface area contributed by atoms with Crippen LogP contribution < -0.4 is 5.48 Å². The van der Waals surface area contributed by atoms with Gasteiger partial charge in [0.15, 0.2) is 0 Å².